The van der Waals surface area contributed by atoms with E-state index in [0.29, 0.717) is 17.1 Å². The van der Waals surface area contributed by atoms with Crippen LogP contribution in [0.2, 0.25) is 0 Å². The van der Waals surface area contributed by atoms with Crippen LogP contribution in [0.4, 0.5) is 11.5 Å². The predicted molar refractivity (Wildman–Crippen MR) is 72.1 cm³/mol. The highest BCUT2D eigenvalue weighted by Crippen LogP contribution is 2.24. The molecule has 0 saturated carbocycles. The Bertz CT molecular complexity index is 437. The summed E-state index contributed by atoms with van der Waals surface area (Å²) in [5.74, 6) is 0.569. The zero-order valence-corrected chi connectivity index (χ0v) is 11.2. The number of anilines is 2. The number of nitrogen functional groups attached to an aromatic ring is 1. The van der Waals surface area contributed by atoms with Crippen LogP contribution >= 0.6 is 0 Å². The van der Waals surface area contributed by atoms with Gasteiger partial charge in [-0.15, -0.1) is 0 Å². The number of nitrogens with one attached hydrogen (secondary N) is 1. The van der Waals surface area contributed by atoms with Gasteiger partial charge < -0.3 is 15.8 Å². The molecule has 1 aromatic rings. The number of rotatable bonds is 6. The van der Waals surface area contributed by atoms with Crippen LogP contribution < -0.4 is 11.1 Å². The molecule has 1 aromatic heterocycles. The number of pyridine rings is 1. The van der Waals surface area contributed by atoms with Crippen LogP contribution in [0, 0.1) is 16.7 Å². The Morgan fingerprint density at radius 1 is 1.56 bits per heavy atom. The van der Waals surface area contributed by atoms with E-state index >= 15 is 0 Å². The third-order valence-corrected chi connectivity index (χ3v) is 2.83. The molecular weight excluding hydrogens is 228 g/mol. The summed E-state index contributed by atoms with van der Waals surface area (Å²) < 4.78 is 5.08. The van der Waals surface area contributed by atoms with Gasteiger partial charge in [0.05, 0.1) is 11.3 Å². The highest BCUT2D eigenvalue weighted by Gasteiger charge is 2.18. The Labute approximate surface area is 108 Å². The van der Waals surface area contributed by atoms with Gasteiger partial charge in [0.1, 0.15) is 6.07 Å². The average Bonchev–Trinajstić information content (AvgIpc) is 2.35. The highest BCUT2D eigenvalue weighted by molar-refractivity contribution is 5.68. The van der Waals surface area contributed by atoms with Gasteiger partial charge in [0.15, 0.2) is 5.82 Å². The second-order valence-electron chi connectivity index (χ2n) is 4.99. The van der Waals surface area contributed by atoms with E-state index < -0.39 is 0 Å². The molecule has 1 heterocycles. The van der Waals surface area contributed by atoms with Crippen molar-refractivity contribution in [3.63, 3.8) is 0 Å². The maximum atomic E-state index is 8.89. The number of nitrogens with two attached hydrogens (primary N) is 1. The van der Waals surface area contributed by atoms with E-state index in [2.05, 4.69) is 24.1 Å². The molecule has 5 heteroatoms. The van der Waals surface area contributed by atoms with E-state index in [9.17, 15) is 0 Å². The Morgan fingerprint density at radius 2 is 2.28 bits per heavy atom. The molecule has 0 radical (unpaired) electrons. The number of ether oxygens (including phenoxy) is 1. The van der Waals surface area contributed by atoms with Crippen molar-refractivity contribution in [2.45, 2.75) is 20.3 Å². The highest BCUT2D eigenvalue weighted by atomic mass is 16.5. The van der Waals surface area contributed by atoms with E-state index in [1.807, 2.05) is 6.07 Å². The van der Waals surface area contributed by atoms with Crippen molar-refractivity contribution < 1.29 is 4.74 Å². The monoisotopic (exact) mass is 248 g/mol. The van der Waals surface area contributed by atoms with E-state index in [1.165, 1.54) is 0 Å². The number of nitriles is 1. The molecule has 5 nitrogen and oxygen atoms in total. The van der Waals surface area contributed by atoms with Gasteiger partial charge >= 0.3 is 0 Å². The van der Waals surface area contributed by atoms with Crippen molar-refractivity contribution in [3.05, 3.63) is 17.8 Å². The van der Waals surface area contributed by atoms with E-state index in [0.717, 1.165) is 19.6 Å². The molecule has 0 unspecified atom stereocenters. The van der Waals surface area contributed by atoms with Crippen molar-refractivity contribution in [2.24, 2.45) is 5.41 Å². The number of nitrogens with zero attached hydrogens (tertiary/aromatic N) is 2. The standard InChI is InChI=1S/C13H20N4O/c1-13(2,5-7-18-3)9-17-12-11(15)10(8-14)4-6-16-12/h4,6H,5,7,9,15H2,1-3H3,(H,16,17). The van der Waals surface area contributed by atoms with Gasteiger partial charge in [-0.25, -0.2) is 4.98 Å². The lowest BCUT2D eigenvalue weighted by Gasteiger charge is -2.25. The topological polar surface area (TPSA) is 84.0 Å². The lowest BCUT2D eigenvalue weighted by molar-refractivity contribution is 0.157. The number of methoxy groups -OCH3 is 1. The van der Waals surface area contributed by atoms with Crippen molar-refractivity contribution in [3.8, 4) is 6.07 Å². The maximum absolute atomic E-state index is 8.89. The van der Waals surface area contributed by atoms with Gasteiger partial charge in [0.25, 0.3) is 0 Å². The minimum Gasteiger partial charge on any atom is -0.395 e. The molecule has 0 atom stereocenters. The minimum absolute atomic E-state index is 0.0762. The molecule has 98 valence electrons. The minimum atomic E-state index is 0.0762. The first-order valence-electron chi connectivity index (χ1n) is 5.87. The van der Waals surface area contributed by atoms with Gasteiger partial charge in [-0.05, 0) is 17.9 Å². The van der Waals surface area contributed by atoms with Gasteiger partial charge in [0, 0.05) is 26.5 Å². The SMILES string of the molecule is COCCC(C)(C)CNc1nccc(C#N)c1N. The van der Waals surface area contributed by atoms with Crippen molar-refractivity contribution >= 4 is 11.5 Å². The molecule has 3 N–H and O–H groups in total. The number of hydrogen-bond acceptors (Lipinski definition) is 5. The molecular formula is C13H20N4O. The molecule has 0 aliphatic carbocycles. The smallest absolute Gasteiger partial charge is 0.150 e. The average molecular weight is 248 g/mol. The van der Waals surface area contributed by atoms with E-state index in [4.69, 9.17) is 15.7 Å². The molecule has 0 amide bonds. The Balaban J connectivity index is 2.66. The first kappa shape index (κ1) is 14.3. The third kappa shape index (κ3) is 3.90. The summed E-state index contributed by atoms with van der Waals surface area (Å²) in [5.41, 5.74) is 6.78. The van der Waals surface area contributed by atoms with Gasteiger partial charge in [-0.1, -0.05) is 13.8 Å². The summed E-state index contributed by atoms with van der Waals surface area (Å²) in [6.45, 7) is 5.73. The summed E-state index contributed by atoms with van der Waals surface area (Å²) in [7, 11) is 1.69. The first-order chi connectivity index (χ1) is 8.50. The first-order valence-corrected chi connectivity index (χ1v) is 5.87. The van der Waals surface area contributed by atoms with Crippen molar-refractivity contribution in [1.82, 2.24) is 4.98 Å². The zero-order valence-electron chi connectivity index (χ0n) is 11.2. The Kier molecular flexibility index (Phi) is 4.93. The quantitative estimate of drug-likeness (QED) is 0.804. The van der Waals surface area contributed by atoms with Crippen LogP contribution in [0.1, 0.15) is 25.8 Å². The second-order valence-corrected chi connectivity index (χ2v) is 4.99. The van der Waals surface area contributed by atoms with Gasteiger partial charge in [-0.2, -0.15) is 5.26 Å². The largest absolute Gasteiger partial charge is 0.395 e. The summed E-state index contributed by atoms with van der Waals surface area (Å²) in [6.07, 6.45) is 2.52. The molecule has 0 fully saturated rings. The van der Waals surface area contributed by atoms with Crippen molar-refractivity contribution in [2.75, 3.05) is 31.3 Å². The van der Waals surface area contributed by atoms with Crippen molar-refractivity contribution in [1.29, 1.82) is 5.26 Å². The molecule has 0 aliphatic rings. The molecule has 0 saturated heterocycles. The molecule has 0 aliphatic heterocycles. The fourth-order valence-corrected chi connectivity index (χ4v) is 1.50. The number of aromatic nitrogens is 1. The summed E-state index contributed by atoms with van der Waals surface area (Å²) in [5, 5.41) is 12.1. The van der Waals surface area contributed by atoms with E-state index in [1.54, 1.807) is 19.4 Å². The third-order valence-electron chi connectivity index (χ3n) is 2.83. The van der Waals surface area contributed by atoms with Crippen LogP contribution in [0.3, 0.4) is 0 Å². The molecule has 0 spiro atoms. The zero-order chi connectivity index (χ0) is 13.6. The second kappa shape index (κ2) is 6.22. The lowest BCUT2D eigenvalue weighted by atomic mass is 9.90. The number of hydrogen-bond donors (Lipinski definition) is 2. The predicted octanol–water partition coefficient (Wildman–Crippen LogP) is 2.01. The van der Waals surface area contributed by atoms with Crippen LogP contribution in [-0.2, 0) is 4.74 Å². The molecule has 1 rings (SSSR count). The van der Waals surface area contributed by atoms with Crippen LogP contribution in [0.5, 0.6) is 0 Å². The lowest BCUT2D eigenvalue weighted by Crippen LogP contribution is -2.25. The summed E-state index contributed by atoms with van der Waals surface area (Å²) in [6, 6.07) is 3.65. The Hall–Kier alpha value is -1.80. The maximum Gasteiger partial charge on any atom is 0.150 e. The fourth-order valence-electron chi connectivity index (χ4n) is 1.50. The van der Waals surface area contributed by atoms with Crippen LogP contribution in [-0.4, -0.2) is 25.2 Å². The van der Waals surface area contributed by atoms with Crippen LogP contribution in [0.25, 0.3) is 0 Å². The van der Waals surface area contributed by atoms with Gasteiger partial charge in [-0.3, -0.25) is 0 Å². The molecule has 0 aromatic carbocycles. The van der Waals surface area contributed by atoms with E-state index in [-0.39, 0.29) is 5.41 Å². The van der Waals surface area contributed by atoms with Gasteiger partial charge in [0.2, 0.25) is 0 Å². The summed E-state index contributed by atoms with van der Waals surface area (Å²) >= 11 is 0. The molecule has 0 bridgehead atoms. The summed E-state index contributed by atoms with van der Waals surface area (Å²) in [4.78, 5) is 4.15. The normalized spacial score (nSPS) is 11.0. The fraction of sp³-hybridized carbons (Fsp3) is 0.538. The molecule has 18 heavy (non-hydrogen) atoms. The van der Waals surface area contributed by atoms with Crippen LogP contribution in [0.15, 0.2) is 12.3 Å². The Morgan fingerprint density at radius 3 is 2.89 bits per heavy atom.